The lowest BCUT2D eigenvalue weighted by molar-refractivity contribution is -0.142. The van der Waals surface area contributed by atoms with E-state index in [1.54, 1.807) is 0 Å². The first kappa shape index (κ1) is 29.8. The summed E-state index contributed by atoms with van der Waals surface area (Å²) >= 11 is 0. The van der Waals surface area contributed by atoms with Crippen molar-refractivity contribution in [3.8, 4) is 0 Å². The number of hydrogen-bond acceptors (Lipinski definition) is 5. The number of carbonyl (C=O) groups is 3. The van der Waals surface area contributed by atoms with Gasteiger partial charge in [-0.25, -0.2) is 13.2 Å². The van der Waals surface area contributed by atoms with Crippen LogP contribution in [0.4, 0.5) is 0 Å². The Kier molecular flexibility index (Phi) is 12.4. The summed E-state index contributed by atoms with van der Waals surface area (Å²) in [5.74, 6) is -1.71. The normalized spacial score (nSPS) is 16.6. The molecule has 1 aromatic carbocycles. The molecular formula is C26H41N3O6S. The highest BCUT2D eigenvalue weighted by molar-refractivity contribution is 7.89. The number of rotatable bonds is 15. The van der Waals surface area contributed by atoms with Crippen LogP contribution in [0, 0.1) is 0 Å². The Hall–Kier alpha value is -2.46. The summed E-state index contributed by atoms with van der Waals surface area (Å²) in [7, 11) is -4.04. The predicted octanol–water partition coefficient (Wildman–Crippen LogP) is 3.64. The van der Waals surface area contributed by atoms with Gasteiger partial charge in [0.2, 0.25) is 21.8 Å². The lowest BCUT2D eigenvalue weighted by Crippen LogP contribution is -2.61. The molecule has 1 fully saturated rings. The van der Waals surface area contributed by atoms with Gasteiger partial charge in [-0.1, -0.05) is 64.9 Å². The van der Waals surface area contributed by atoms with Crippen molar-refractivity contribution in [1.29, 1.82) is 0 Å². The second-order valence-corrected chi connectivity index (χ2v) is 11.3. The molecule has 202 valence electrons. The number of carboxylic acid groups (broad SMARTS) is 1. The fourth-order valence-electron chi connectivity index (χ4n) is 4.34. The Labute approximate surface area is 215 Å². The highest BCUT2D eigenvalue weighted by atomic mass is 32.2. The molecular weight excluding hydrogens is 482 g/mol. The number of aromatic carboxylic acids is 1. The molecule has 36 heavy (non-hydrogen) atoms. The second kappa shape index (κ2) is 14.9. The summed E-state index contributed by atoms with van der Waals surface area (Å²) < 4.78 is 27.8. The topological polar surface area (TPSA) is 124 Å². The zero-order valence-corrected chi connectivity index (χ0v) is 22.4. The summed E-state index contributed by atoms with van der Waals surface area (Å²) in [4.78, 5) is 38.8. The molecule has 0 bridgehead atoms. The number of hydrogen-bond donors (Lipinski definition) is 2. The number of carbonyl (C=O) groups excluding carboxylic acids is 2. The van der Waals surface area contributed by atoms with Crippen LogP contribution in [0.2, 0.25) is 0 Å². The Morgan fingerprint density at radius 2 is 1.64 bits per heavy atom. The largest absolute Gasteiger partial charge is 0.478 e. The molecule has 1 saturated heterocycles. The summed E-state index contributed by atoms with van der Waals surface area (Å²) in [6.45, 7) is 4.69. The third-order valence-electron chi connectivity index (χ3n) is 6.51. The van der Waals surface area contributed by atoms with Crippen LogP contribution in [0.15, 0.2) is 29.2 Å². The van der Waals surface area contributed by atoms with Crippen molar-refractivity contribution in [2.45, 2.75) is 89.0 Å². The molecule has 1 aliphatic rings. The lowest BCUT2D eigenvalue weighted by Gasteiger charge is -2.40. The Balaban J connectivity index is 2.15. The molecule has 1 atom stereocenters. The quantitative estimate of drug-likeness (QED) is 0.338. The smallest absolute Gasteiger partial charge is 0.335 e. The Morgan fingerprint density at radius 3 is 2.31 bits per heavy atom. The zero-order chi connectivity index (χ0) is 26.6. The monoisotopic (exact) mass is 523 g/mol. The third-order valence-corrected chi connectivity index (χ3v) is 8.37. The van der Waals surface area contributed by atoms with Crippen molar-refractivity contribution in [2.75, 3.05) is 26.2 Å². The predicted molar refractivity (Wildman–Crippen MR) is 138 cm³/mol. The fourth-order valence-corrected chi connectivity index (χ4v) is 5.83. The van der Waals surface area contributed by atoms with Crippen LogP contribution in [-0.2, 0) is 19.6 Å². The Morgan fingerprint density at radius 1 is 0.972 bits per heavy atom. The van der Waals surface area contributed by atoms with Gasteiger partial charge < -0.3 is 15.3 Å². The number of benzene rings is 1. The fraction of sp³-hybridized carbons (Fsp3) is 0.654. The minimum absolute atomic E-state index is 0.0431. The highest BCUT2D eigenvalue weighted by Crippen LogP contribution is 2.22. The zero-order valence-electron chi connectivity index (χ0n) is 21.6. The summed E-state index contributed by atoms with van der Waals surface area (Å²) in [5.41, 5.74) is -0.130. The average molecular weight is 524 g/mol. The maximum absolute atomic E-state index is 13.3. The van der Waals surface area contributed by atoms with Gasteiger partial charge in [-0.15, -0.1) is 0 Å². The second-order valence-electron chi connectivity index (χ2n) is 9.31. The average Bonchev–Trinajstić information content (AvgIpc) is 2.87. The molecule has 1 heterocycles. The third kappa shape index (κ3) is 8.58. The molecule has 0 unspecified atom stereocenters. The number of amides is 2. The van der Waals surface area contributed by atoms with Crippen molar-refractivity contribution in [3.63, 3.8) is 0 Å². The van der Waals surface area contributed by atoms with E-state index >= 15 is 0 Å². The van der Waals surface area contributed by atoms with E-state index in [1.807, 2.05) is 0 Å². The van der Waals surface area contributed by atoms with Crippen molar-refractivity contribution >= 4 is 27.8 Å². The van der Waals surface area contributed by atoms with Gasteiger partial charge in [0, 0.05) is 32.6 Å². The molecule has 0 spiro atoms. The van der Waals surface area contributed by atoms with Gasteiger partial charge >= 0.3 is 5.97 Å². The number of sulfonamides is 1. The van der Waals surface area contributed by atoms with E-state index in [1.165, 1.54) is 27.4 Å². The molecule has 10 heteroatoms. The van der Waals surface area contributed by atoms with E-state index in [0.29, 0.717) is 13.0 Å². The van der Waals surface area contributed by atoms with Crippen LogP contribution in [0.25, 0.3) is 0 Å². The first-order valence-corrected chi connectivity index (χ1v) is 14.6. The number of unbranched alkanes of at least 4 members (excludes halogenated alkanes) is 7. The molecule has 0 aromatic heterocycles. The minimum atomic E-state index is -4.04. The van der Waals surface area contributed by atoms with Crippen LogP contribution in [-0.4, -0.2) is 72.7 Å². The van der Waals surface area contributed by atoms with Gasteiger partial charge in [-0.2, -0.15) is 4.31 Å². The minimum Gasteiger partial charge on any atom is -0.478 e. The van der Waals surface area contributed by atoms with Crippen LogP contribution in [0.3, 0.4) is 0 Å². The maximum Gasteiger partial charge on any atom is 0.335 e. The van der Waals surface area contributed by atoms with Crippen LogP contribution in [0.5, 0.6) is 0 Å². The van der Waals surface area contributed by atoms with Gasteiger partial charge in [0.05, 0.1) is 10.5 Å². The van der Waals surface area contributed by atoms with E-state index < -0.39 is 22.0 Å². The Bertz CT molecular complexity index is 982. The van der Waals surface area contributed by atoms with E-state index in [4.69, 9.17) is 0 Å². The number of piperazine rings is 1. The molecule has 2 rings (SSSR count). The lowest BCUT2D eigenvalue weighted by atomic mass is 10.1. The van der Waals surface area contributed by atoms with Gasteiger partial charge in [-0.05, 0) is 31.0 Å². The van der Waals surface area contributed by atoms with Crippen LogP contribution >= 0.6 is 0 Å². The van der Waals surface area contributed by atoms with Gasteiger partial charge in [0.15, 0.2) is 0 Å². The number of nitrogens with one attached hydrogen (secondary N) is 1. The molecule has 0 saturated carbocycles. The van der Waals surface area contributed by atoms with E-state index in [2.05, 4.69) is 19.2 Å². The van der Waals surface area contributed by atoms with Crippen molar-refractivity contribution in [1.82, 2.24) is 14.5 Å². The molecule has 0 aliphatic carbocycles. The summed E-state index contributed by atoms with van der Waals surface area (Å²) in [5, 5.41) is 12.1. The van der Waals surface area contributed by atoms with Crippen LogP contribution < -0.4 is 5.32 Å². The summed E-state index contributed by atoms with van der Waals surface area (Å²) in [6, 6.07) is 4.25. The molecule has 1 aromatic rings. The molecule has 2 N–H and O–H groups in total. The van der Waals surface area contributed by atoms with Gasteiger partial charge in [0.1, 0.15) is 6.04 Å². The van der Waals surface area contributed by atoms with E-state index in [9.17, 15) is 27.9 Å². The van der Waals surface area contributed by atoms with E-state index in [0.717, 1.165) is 63.9 Å². The first-order valence-electron chi connectivity index (χ1n) is 13.1. The van der Waals surface area contributed by atoms with Gasteiger partial charge in [0.25, 0.3) is 0 Å². The van der Waals surface area contributed by atoms with E-state index in [-0.39, 0.29) is 41.9 Å². The first-order chi connectivity index (χ1) is 17.2. The highest BCUT2D eigenvalue weighted by Gasteiger charge is 2.39. The molecule has 2 amide bonds. The van der Waals surface area contributed by atoms with Crippen molar-refractivity contribution in [2.24, 2.45) is 0 Å². The number of carboxylic acids is 1. The maximum atomic E-state index is 13.3. The number of nitrogens with zero attached hydrogens (tertiary/aromatic N) is 2. The van der Waals surface area contributed by atoms with Crippen LogP contribution in [0.1, 0.15) is 88.4 Å². The van der Waals surface area contributed by atoms with Crippen molar-refractivity contribution in [3.05, 3.63) is 29.8 Å². The van der Waals surface area contributed by atoms with Gasteiger partial charge in [-0.3, -0.25) is 9.59 Å². The standard InChI is InChI=1S/C26H41N3O6S/c1-3-5-7-9-10-15-24(30)29-18-17-28(20-23(29)25(31)27-16-11-8-6-4-2)36(34,35)22-14-12-13-21(19-22)26(32)33/h12-14,19,23H,3-11,15-18,20H2,1-2H3,(H,27,31)(H,32,33)/t23-/m0/s1. The molecule has 1 aliphatic heterocycles. The molecule has 9 nitrogen and oxygen atoms in total. The SMILES string of the molecule is CCCCCCCC(=O)N1CCN(S(=O)(=O)c2cccc(C(=O)O)c2)C[C@H]1C(=O)NCCCCCC. The molecule has 0 radical (unpaired) electrons. The van der Waals surface area contributed by atoms with Crippen molar-refractivity contribution < 1.29 is 27.9 Å². The summed E-state index contributed by atoms with van der Waals surface area (Å²) in [6.07, 6.45) is 9.27.